The van der Waals surface area contributed by atoms with Crippen LogP contribution in [0.2, 0.25) is 0 Å². The van der Waals surface area contributed by atoms with E-state index < -0.39 is 0 Å². The SMILES string of the molecule is CC#CC(=O)COC. The van der Waals surface area contributed by atoms with Gasteiger partial charge in [-0.05, 0) is 12.8 Å². The number of carbonyl (C=O) groups excluding carboxylic acids is 1. The van der Waals surface area contributed by atoms with Gasteiger partial charge < -0.3 is 4.74 Å². The van der Waals surface area contributed by atoms with Gasteiger partial charge in [0.1, 0.15) is 6.61 Å². The molecule has 0 spiro atoms. The second-order valence-electron chi connectivity index (χ2n) is 1.23. The summed E-state index contributed by atoms with van der Waals surface area (Å²) < 4.78 is 4.50. The van der Waals surface area contributed by atoms with Crippen LogP contribution in [0.4, 0.5) is 0 Å². The van der Waals surface area contributed by atoms with E-state index in [0.29, 0.717) is 0 Å². The summed E-state index contributed by atoms with van der Waals surface area (Å²) in [5.41, 5.74) is 0. The van der Waals surface area contributed by atoms with E-state index in [1.54, 1.807) is 6.92 Å². The van der Waals surface area contributed by atoms with Crippen LogP contribution in [0.5, 0.6) is 0 Å². The molecule has 0 bridgehead atoms. The fourth-order valence-electron chi connectivity index (χ4n) is 0.307. The van der Waals surface area contributed by atoms with Gasteiger partial charge in [0.25, 0.3) is 0 Å². The van der Waals surface area contributed by atoms with Gasteiger partial charge in [0.15, 0.2) is 0 Å². The molecular weight excluding hydrogens is 104 g/mol. The van der Waals surface area contributed by atoms with Crippen molar-refractivity contribution < 1.29 is 9.53 Å². The molecular formula is C6H8O2. The highest BCUT2D eigenvalue weighted by molar-refractivity contribution is 5.96. The summed E-state index contributed by atoms with van der Waals surface area (Å²) in [7, 11) is 1.47. The number of methoxy groups -OCH3 is 1. The molecule has 0 rings (SSSR count). The zero-order chi connectivity index (χ0) is 6.41. The molecule has 0 unspecified atom stereocenters. The largest absolute Gasteiger partial charge is 0.376 e. The van der Waals surface area contributed by atoms with Crippen molar-refractivity contribution in [1.82, 2.24) is 0 Å². The highest BCUT2D eigenvalue weighted by Gasteiger charge is 1.89. The van der Waals surface area contributed by atoms with Gasteiger partial charge in [0, 0.05) is 7.11 Å². The number of rotatable bonds is 2. The maximum absolute atomic E-state index is 10.3. The van der Waals surface area contributed by atoms with Gasteiger partial charge in [0.2, 0.25) is 5.78 Å². The second kappa shape index (κ2) is 4.35. The predicted molar refractivity (Wildman–Crippen MR) is 30.3 cm³/mol. The van der Waals surface area contributed by atoms with Crippen molar-refractivity contribution >= 4 is 5.78 Å². The number of hydrogen-bond acceptors (Lipinski definition) is 2. The lowest BCUT2D eigenvalue weighted by atomic mass is 10.4. The van der Waals surface area contributed by atoms with Gasteiger partial charge in [-0.1, -0.05) is 5.92 Å². The fourth-order valence-corrected chi connectivity index (χ4v) is 0.307. The minimum Gasteiger partial charge on any atom is -0.376 e. The van der Waals surface area contributed by atoms with Gasteiger partial charge in [-0.25, -0.2) is 0 Å². The lowest BCUT2D eigenvalue weighted by Gasteiger charge is -1.85. The van der Waals surface area contributed by atoms with E-state index in [0.717, 1.165) is 0 Å². The third-order valence-corrected chi connectivity index (χ3v) is 0.540. The number of carbonyl (C=O) groups is 1. The van der Waals surface area contributed by atoms with Crippen molar-refractivity contribution in [2.24, 2.45) is 0 Å². The van der Waals surface area contributed by atoms with Crippen LogP contribution in [-0.2, 0) is 9.53 Å². The fraction of sp³-hybridized carbons (Fsp3) is 0.500. The molecule has 8 heavy (non-hydrogen) atoms. The zero-order valence-corrected chi connectivity index (χ0v) is 5.02. The Kier molecular flexibility index (Phi) is 3.91. The van der Waals surface area contributed by atoms with Crippen molar-refractivity contribution in [3.8, 4) is 11.8 Å². The number of ketones is 1. The Bertz CT molecular complexity index is 127. The maximum Gasteiger partial charge on any atom is 0.231 e. The third kappa shape index (κ3) is 3.38. The minimum absolute atomic E-state index is 0.0981. The molecule has 0 atom stereocenters. The third-order valence-electron chi connectivity index (χ3n) is 0.540. The van der Waals surface area contributed by atoms with Gasteiger partial charge in [0.05, 0.1) is 0 Å². The smallest absolute Gasteiger partial charge is 0.231 e. The first-order valence-electron chi connectivity index (χ1n) is 2.25. The van der Waals surface area contributed by atoms with E-state index >= 15 is 0 Å². The first-order valence-corrected chi connectivity index (χ1v) is 2.25. The van der Waals surface area contributed by atoms with E-state index in [1.165, 1.54) is 7.11 Å². The van der Waals surface area contributed by atoms with Gasteiger partial charge >= 0.3 is 0 Å². The van der Waals surface area contributed by atoms with Gasteiger partial charge in [-0.15, -0.1) is 0 Å². The summed E-state index contributed by atoms with van der Waals surface area (Å²) in [5.74, 6) is 4.63. The van der Waals surface area contributed by atoms with E-state index in [9.17, 15) is 4.79 Å². The quantitative estimate of drug-likeness (QED) is 0.377. The monoisotopic (exact) mass is 112 g/mol. The molecule has 0 radical (unpaired) electrons. The average Bonchev–Trinajstić information content (AvgIpc) is 1.68. The van der Waals surface area contributed by atoms with Crippen LogP contribution in [0.25, 0.3) is 0 Å². The molecule has 0 aliphatic carbocycles. The second-order valence-corrected chi connectivity index (χ2v) is 1.23. The molecule has 44 valence electrons. The van der Waals surface area contributed by atoms with Crippen molar-refractivity contribution in [3.05, 3.63) is 0 Å². The van der Waals surface area contributed by atoms with E-state index in [2.05, 4.69) is 16.6 Å². The number of hydrogen-bond donors (Lipinski definition) is 0. The predicted octanol–water partition coefficient (Wildman–Crippen LogP) is 0.225. The molecule has 0 aromatic carbocycles. The lowest BCUT2D eigenvalue weighted by molar-refractivity contribution is -0.117. The Morgan fingerprint density at radius 1 is 1.75 bits per heavy atom. The zero-order valence-electron chi connectivity index (χ0n) is 5.02. The summed E-state index contributed by atoms with van der Waals surface area (Å²) in [6.07, 6.45) is 0. The van der Waals surface area contributed by atoms with Crippen molar-refractivity contribution in [3.63, 3.8) is 0 Å². The lowest BCUT2D eigenvalue weighted by Crippen LogP contribution is -2.01. The van der Waals surface area contributed by atoms with Gasteiger partial charge in [-0.2, -0.15) is 0 Å². The molecule has 0 aromatic heterocycles. The van der Waals surface area contributed by atoms with Crippen LogP contribution < -0.4 is 0 Å². The summed E-state index contributed by atoms with van der Waals surface area (Å²) >= 11 is 0. The highest BCUT2D eigenvalue weighted by atomic mass is 16.5. The summed E-state index contributed by atoms with van der Waals surface area (Å²) in [6.45, 7) is 1.72. The Morgan fingerprint density at radius 2 is 2.38 bits per heavy atom. The molecule has 0 saturated carbocycles. The molecule has 0 aliphatic rings. The molecule has 0 aliphatic heterocycles. The molecule has 0 amide bonds. The first-order chi connectivity index (χ1) is 3.81. The number of ether oxygens (including phenoxy) is 1. The standard InChI is InChI=1S/C6H8O2/c1-3-4-6(7)5-8-2/h5H2,1-2H3. The molecule has 2 nitrogen and oxygen atoms in total. The Balaban J connectivity index is 3.44. The van der Waals surface area contributed by atoms with Crippen molar-refractivity contribution in [1.29, 1.82) is 0 Å². The Labute approximate surface area is 48.8 Å². The van der Waals surface area contributed by atoms with Crippen LogP contribution in [0.3, 0.4) is 0 Å². The van der Waals surface area contributed by atoms with Crippen molar-refractivity contribution in [2.75, 3.05) is 13.7 Å². The minimum atomic E-state index is -0.171. The summed E-state index contributed by atoms with van der Waals surface area (Å²) in [6, 6.07) is 0. The van der Waals surface area contributed by atoms with E-state index in [1.807, 2.05) is 0 Å². The Hall–Kier alpha value is -0.810. The normalized spacial score (nSPS) is 7.25. The van der Waals surface area contributed by atoms with Crippen LogP contribution in [-0.4, -0.2) is 19.5 Å². The molecule has 0 aromatic rings. The number of Topliss-reactive ketones (excluding diaryl/α,β-unsaturated/α-hetero) is 1. The molecule has 0 saturated heterocycles. The molecule has 2 heteroatoms. The maximum atomic E-state index is 10.3. The molecule has 0 fully saturated rings. The van der Waals surface area contributed by atoms with Crippen LogP contribution in [0.1, 0.15) is 6.92 Å². The average molecular weight is 112 g/mol. The molecule has 0 N–H and O–H groups in total. The molecule has 0 heterocycles. The topological polar surface area (TPSA) is 26.3 Å². The van der Waals surface area contributed by atoms with Crippen LogP contribution in [0.15, 0.2) is 0 Å². The van der Waals surface area contributed by atoms with Crippen LogP contribution in [0, 0.1) is 11.8 Å². The van der Waals surface area contributed by atoms with Crippen LogP contribution >= 0.6 is 0 Å². The first kappa shape index (κ1) is 7.19. The van der Waals surface area contributed by atoms with E-state index in [-0.39, 0.29) is 12.4 Å². The van der Waals surface area contributed by atoms with Crippen molar-refractivity contribution in [2.45, 2.75) is 6.92 Å². The highest BCUT2D eigenvalue weighted by Crippen LogP contribution is 1.68. The summed E-state index contributed by atoms with van der Waals surface area (Å²) in [5, 5.41) is 0. The van der Waals surface area contributed by atoms with Gasteiger partial charge in [-0.3, -0.25) is 4.79 Å². The summed E-state index contributed by atoms with van der Waals surface area (Å²) in [4.78, 5) is 10.3. The van der Waals surface area contributed by atoms with E-state index in [4.69, 9.17) is 0 Å². The Morgan fingerprint density at radius 3 is 2.75 bits per heavy atom.